The Balaban J connectivity index is 2.07. The lowest BCUT2D eigenvalue weighted by Gasteiger charge is -2.27. The molecule has 1 N–H and O–H groups in total. The van der Waals surface area contributed by atoms with Gasteiger partial charge < -0.3 is 9.80 Å². The summed E-state index contributed by atoms with van der Waals surface area (Å²) in [5.74, 6) is 0.264. The Hall–Kier alpha value is -0.910. The predicted molar refractivity (Wildman–Crippen MR) is 88.4 cm³/mol. The Labute approximate surface area is 132 Å². The Morgan fingerprint density at radius 2 is 2.10 bits per heavy atom. The molecule has 2 atom stereocenters. The van der Waals surface area contributed by atoms with E-state index in [1.807, 2.05) is 4.90 Å². The fourth-order valence-corrected chi connectivity index (χ4v) is 3.59. The van der Waals surface area contributed by atoms with Crippen molar-refractivity contribution in [3.63, 3.8) is 0 Å². The molecule has 0 radical (unpaired) electrons. The van der Waals surface area contributed by atoms with E-state index < -0.39 is 0 Å². The molecule has 2 heterocycles. The molecule has 2 unspecified atom stereocenters. The zero-order valence-electron chi connectivity index (χ0n) is 13.3. The number of rotatable bonds is 8. The molecule has 1 aromatic heterocycles. The van der Waals surface area contributed by atoms with Crippen molar-refractivity contribution in [1.29, 1.82) is 0 Å². The highest BCUT2D eigenvalue weighted by Crippen LogP contribution is 2.28. The zero-order chi connectivity index (χ0) is 15.2. The number of likely N-dealkylation sites (N-methyl/N-ethyl adjacent to an activating group) is 1. The lowest BCUT2D eigenvalue weighted by molar-refractivity contribution is -0.130. The van der Waals surface area contributed by atoms with Crippen molar-refractivity contribution < 1.29 is 4.79 Å². The van der Waals surface area contributed by atoms with Crippen molar-refractivity contribution in [2.75, 3.05) is 26.2 Å². The largest absolute Gasteiger partial charge is 0.320 e. The highest BCUT2D eigenvalue weighted by atomic mass is 32.1. The number of hydrogen-bond acceptors (Lipinski definition) is 4. The summed E-state index contributed by atoms with van der Waals surface area (Å²) in [6.45, 7) is 10.3. The van der Waals surface area contributed by atoms with Crippen LogP contribution >= 0.6 is 11.3 Å². The van der Waals surface area contributed by atoms with Gasteiger partial charge in [0, 0.05) is 13.1 Å². The highest BCUT2D eigenvalue weighted by molar-refractivity contribution is 7.07. The first kappa shape index (κ1) is 16.5. The standard InChI is InChI=1S/C16H27N3OS/c1-4-7-14-16(20)19(10-9-18(5-2)6-3)15(17-14)13-8-11-21-12-13/h8,11-12,14-15,17H,4-7,9-10H2,1-3H3. The van der Waals surface area contributed by atoms with Crippen molar-refractivity contribution in [1.82, 2.24) is 15.1 Å². The van der Waals surface area contributed by atoms with Gasteiger partial charge in [-0.2, -0.15) is 11.3 Å². The summed E-state index contributed by atoms with van der Waals surface area (Å²) in [6, 6.07) is 2.10. The predicted octanol–water partition coefficient (Wildman–Crippen LogP) is 2.69. The molecule has 118 valence electrons. The summed E-state index contributed by atoms with van der Waals surface area (Å²) in [7, 11) is 0. The summed E-state index contributed by atoms with van der Waals surface area (Å²) >= 11 is 1.69. The van der Waals surface area contributed by atoms with Crippen molar-refractivity contribution in [2.45, 2.75) is 45.8 Å². The lowest BCUT2D eigenvalue weighted by atomic mass is 10.2. The minimum atomic E-state index is -0.0170. The third kappa shape index (κ3) is 3.84. The van der Waals surface area contributed by atoms with Gasteiger partial charge in [-0.1, -0.05) is 27.2 Å². The van der Waals surface area contributed by atoms with Gasteiger partial charge in [0.25, 0.3) is 0 Å². The van der Waals surface area contributed by atoms with Gasteiger partial charge in [0.2, 0.25) is 5.91 Å². The second-order valence-corrected chi connectivity index (χ2v) is 6.31. The van der Waals surface area contributed by atoms with Crippen LogP contribution in [0.1, 0.15) is 45.3 Å². The Bertz CT molecular complexity index is 431. The monoisotopic (exact) mass is 309 g/mol. The number of hydrogen-bond donors (Lipinski definition) is 1. The molecule has 0 aromatic carbocycles. The maximum Gasteiger partial charge on any atom is 0.241 e. The van der Waals surface area contributed by atoms with E-state index in [0.29, 0.717) is 0 Å². The molecule has 1 aliphatic heterocycles. The molecule has 2 rings (SSSR count). The molecule has 21 heavy (non-hydrogen) atoms. The number of nitrogens with zero attached hydrogens (tertiary/aromatic N) is 2. The van der Waals surface area contributed by atoms with Gasteiger partial charge in [-0.05, 0) is 41.9 Å². The SMILES string of the molecule is CCCC1NC(c2ccsc2)N(CCN(CC)CC)C1=O. The van der Waals surface area contributed by atoms with Gasteiger partial charge in [0.05, 0.1) is 6.04 Å². The normalized spacial score (nSPS) is 22.5. The molecular formula is C16H27N3OS. The Kier molecular flexibility index (Phi) is 6.21. The number of carbonyl (C=O) groups excluding carboxylic acids is 1. The fourth-order valence-electron chi connectivity index (χ4n) is 2.91. The second kappa shape index (κ2) is 7.92. The number of nitrogens with one attached hydrogen (secondary N) is 1. The van der Waals surface area contributed by atoms with Gasteiger partial charge in [-0.3, -0.25) is 10.1 Å². The van der Waals surface area contributed by atoms with Gasteiger partial charge in [0.1, 0.15) is 6.17 Å². The molecule has 1 amide bonds. The van der Waals surface area contributed by atoms with E-state index in [4.69, 9.17) is 0 Å². The molecule has 1 aliphatic rings. The molecule has 0 aliphatic carbocycles. The maximum absolute atomic E-state index is 12.6. The molecule has 4 nitrogen and oxygen atoms in total. The minimum Gasteiger partial charge on any atom is -0.320 e. The van der Waals surface area contributed by atoms with Crippen LogP contribution in [0.2, 0.25) is 0 Å². The van der Waals surface area contributed by atoms with E-state index in [9.17, 15) is 4.79 Å². The lowest BCUT2D eigenvalue weighted by Crippen LogP contribution is -2.38. The molecule has 1 aromatic rings. The van der Waals surface area contributed by atoms with Crippen LogP contribution < -0.4 is 5.32 Å². The third-order valence-electron chi connectivity index (χ3n) is 4.24. The topological polar surface area (TPSA) is 35.6 Å². The van der Waals surface area contributed by atoms with E-state index in [1.54, 1.807) is 11.3 Å². The molecule has 1 fully saturated rings. The molecular weight excluding hydrogens is 282 g/mol. The van der Waals surface area contributed by atoms with E-state index >= 15 is 0 Å². The quantitative estimate of drug-likeness (QED) is 0.802. The minimum absolute atomic E-state index is 0.0170. The molecule has 0 spiro atoms. The summed E-state index contributed by atoms with van der Waals surface area (Å²) < 4.78 is 0. The first-order chi connectivity index (χ1) is 10.2. The average molecular weight is 309 g/mol. The van der Waals surface area contributed by atoms with Crippen LogP contribution in [0.5, 0.6) is 0 Å². The maximum atomic E-state index is 12.6. The van der Waals surface area contributed by atoms with Crippen LogP contribution in [-0.2, 0) is 4.79 Å². The zero-order valence-corrected chi connectivity index (χ0v) is 14.2. The van der Waals surface area contributed by atoms with Gasteiger partial charge in [-0.15, -0.1) is 0 Å². The molecule has 0 saturated carbocycles. The van der Waals surface area contributed by atoms with Gasteiger partial charge in [-0.25, -0.2) is 0 Å². The summed E-state index contributed by atoms with van der Waals surface area (Å²) in [4.78, 5) is 17.0. The highest BCUT2D eigenvalue weighted by Gasteiger charge is 2.38. The first-order valence-corrected chi connectivity index (χ1v) is 8.96. The van der Waals surface area contributed by atoms with Crippen LogP contribution in [0.25, 0.3) is 0 Å². The molecule has 0 bridgehead atoms. The van der Waals surface area contributed by atoms with Crippen molar-refractivity contribution in [3.05, 3.63) is 22.4 Å². The number of amides is 1. The van der Waals surface area contributed by atoms with Crippen molar-refractivity contribution in [2.24, 2.45) is 0 Å². The Morgan fingerprint density at radius 3 is 2.67 bits per heavy atom. The van der Waals surface area contributed by atoms with E-state index in [2.05, 4.69) is 47.8 Å². The summed E-state index contributed by atoms with van der Waals surface area (Å²) in [6.07, 6.45) is 2.00. The van der Waals surface area contributed by atoms with Crippen LogP contribution in [-0.4, -0.2) is 47.9 Å². The summed E-state index contributed by atoms with van der Waals surface area (Å²) in [5, 5.41) is 7.74. The third-order valence-corrected chi connectivity index (χ3v) is 4.94. The van der Waals surface area contributed by atoms with Gasteiger partial charge in [0.15, 0.2) is 0 Å². The smallest absolute Gasteiger partial charge is 0.241 e. The van der Waals surface area contributed by atoms with Crippen LogP contribution in [0.4, 0.5) is 0 Å². The van der Waals surface area contributed by atoms with E-state index in [1.165, 1.54) is 5.56 Å². The van der Waals surface area contributed by atoms with Crippen LogP contribution in [0.3, 0.4) is 0 Å². The van der Waals surface area contributed by atoms with E-state index in [-0.39, 0.29) is 18.1 Å². The Morgan fingerprint density at radius 1 is 1.33 bits per heavy atom. The fraction of sp³-hybridized carbons (Fsp3) is 0.688. The molecule has 5 heteroatoms. The van der Waals surface area contributed by atoms with Gasteiger partial charge >= 0.3 is 0 Å². The van der Waals surface area contributed by atoms with E-state index in [0.717, 1.165) is 39.0 Å². The van der Waals surface area contributed by atoms with Crippen LogP contribution in [0.15, 0.2) is 16.8 Å². The second-order valence-electron chi connectivity index (χ2n) is 5.53. The first-order valence-electron chi connectivity index (χ1n) is 8.02. The molecule has 1 saturated heterocycles. The average Bonchev–Trinajstić information content (AvgIpc) is 3.11. The van der Waals surface area contributed by atoms with Crippen molar-refractivity contribution in [3.8, 4) is 0 Å². The number of carbonyl (C=O) groups is 1. The number of thiophene rings is 1. The van der Waals surface area contributed by atoms with Crippen molar-refractivity contribution >= 4 is 17.2 Å². The van der Waals surface area contributed by atoms with Crippen LogP contribution in [0, 0.1) is 0 Å². The summed E-state index contributed by atoms with van der Waals surface area (Å²) in [5.41, 5.74) is 1.21.